The monoisotopic (exact) mass is 462 g/mol. The van der Waals surface area contributed by atoms with Gasteiger partial charge in [-0.05, 0) is 28.1 Å². The Balaban J connectivity index is 2.43. The molecule has 0 atom stereocenters. The third-order valence-corrected chi connectivity index (χ3v) is 4.44. The van der Waals surface area contributed by atoms with Crippen LogP contribution >= 0.6 is 15.9 Å². The molecule has 0 radical (unpaired) electrons. The molecule has 0 bridgehead atoms. The molecule has 1 aromatic carbocycles. The van der Waals surface area contributed by atoms with Gasteiger partial charge in [0.25, 0.3) is 0 Å². The highest BCUT2D eigenvalue weighted by Crippen LogP contribution is 2.30. The molecular weight excluding hydrogens is 445 g/mol. The molecule has 0 saturated heterocycles. The number of rotatable bonds is 5. The van der Waals surface area contributed by atoms with Gasteiger partial charge in [0.1, 0.15) is 30.4 Å². The number of hydrogen-bond donors (Lipinski definition) is 1. The van der Waals surface area contributed by atoms with Crippen LogP contribution in [0.15, 0.2) is 39.1 Å². The predicted octanol–water partition coefficient (Wildman–Crippen LogP) is 3.44. The Hall–Kier alpha value is -2.56. The average molecular weight is 463 g/mol. The highest BCUT2D eigenvalue weighted by atomic mass is 79.9. The van der Waals surface area contributed by atoms with E-state index >= 15 is 0 Å². The van der Waals surface area contributed by atoms with E-state index in [1.54, 1.807) is 20.8 Å². The zero-order chi connectivity index (χ0) is 21.2. The third-order valence-electron chi connectivity index (χ3n) is 3.68. The number of allylic oxidation sites excluding steroid dienone is 1. The maximum Gasteiger partial charge on any atom is 0.404 e. The maximum atomic E-state index is 14.7. The first-order valence-electron chi connectivity index (χ1n) is 8.01. The van der Waals surface area contributed by atoms with Crippen molar-refractivity contribution in [3.8, 4) is 5.69 Å². The van der Waals surface area contributed by atoms with Crippen LogP contribution in [0, 0.1) is 17.0 Å². The summed E-state index contributed by atoms with van der Waals surface area (Å²) in [5.41, 5.74) is 3.13. The molecule has 0 unspecified atom stereocenters. The lowest BCUT2D eigenvalue weighted by Gasteiger charge is -2.20. The number of hydrogen-bond acceptors (Lipinski definition) is 4. The van der Waals surface area contributed by atoms with Gasteiger partial charge in [0.05, 0.1) is 16.7 Å². The summed E-state index contributed by atoms with van der Waals surface area (Å²) in [6.45, 7) is 3.98. The molecule has 0 aliphatic heterocycles. The highest BCUT2D eigenvalue weighted by Gasteiger charge is 2.24. The lowest BCUT2D eigenvalue weighted by Crippen LogP contribution is -2.27. The minimum absolute atomic E-state index is 0.0215. The summed E-state index contributed by atoms with van der Waals surface area (Å²) in [5.74, 6) is -2.40. The number of carbonyl (C=O) groups excluding carboxylic acids is 1. The number of nitrogens with two attached hydrogens (primary N) is 1. The van der Waals surface area contributed by atoms with Crippen molar-refractivity contribution < 1.29 is 22.7 Å². The predicted molar refractivity (Wildman–Crippen MR) is 98.6 cm³/mol. The van der Waals surface area contributed by atoms with Crippen molar-refractivity contribution in [1.29, 1.82) is 0 Å². The first-order chi connectivity index (χ1) is 12.9. The Kier molecular flexibility index (Phi) is 6.37. The number of ether oxygens (including phenoxy) is 1. The van der Waals surface area contributed by atoms with Gasteiger partial charge in [0.15, 0.2) is 0 Å². The quantitative estimate of drug-likeness (QED) is 0.688. The van der Waals surface area contributed by atoms with Crippen molar-refractivity contribution in [3.63, 3.8) is 0 Å². The Morgan fingerprint density at radius 3 is 2.36 bits per heavy atom. The second kappa shape index (κ2) is 8.21. The second-order valence-electron chi connectivity index (χ2n) is 6.94. The molecule has 0 aliphatic rings. The molecule has 0 saturated carbocycles. The molecule has 11 heteroatoms. The molecule has 2 rings (SSSR count). The van der Waals surface area contributed by atoms with Crippen molar-refractivity contribution in [1.82, 2.24) is 14.3 Å². The number of primary amides is 1. The van der Waals surface area contributed by atoms with Crippen LogP contribution in [0.25, 0.3) is 5.69 Å². The number of nitrogens with zero attached hydrogens (tertiary/aromatic N) is 3. The highest BCUT2D eigenvalue weighted by molar-refractivity contribution is 9.10. The minimum Gasteiger partial charge on any atom is -0.445 e. The lowest BCUT2D eigenvalue weighted by molar-refractivity contribution is 0.163. The molecule has 152 valence electrons. The summed E-state index contributed by atoms with van der Waals surface area (Å²) < 4.78 is 48.3. The van der Waals surface area contributed by atoms with E-state index < -0.39 is 41.3 Å². The first-order valence-corrected chi connectivity index (χ1v) is 8.80. The Morgan fingerprint density at radius 1 is 1.29 bits per heavy atom. The van der Waals surface area contributed by atoms with E-state index in [0.717, 1.165) is 27.7 Å². The second-order valence-corrected chi connectivity index (χ2v) is 7.73. The molecule has 0 aliphatic carbocycles. The lowest BCUT2D eigenvalue weighted by atomic mass is 9.92. The number of carbonyl (C=O) groups is 1. The maximum absolute atomic E-state index is 14.7. The molecule has 2 aromatic rings. The Labute approximate surface area is 166 Å². The third kappa shape index (κ3) is 4.83. The molecule has 0 spiro atoms. The van der Waals surface area contributed by atoms with Gasteiger partial charge in [-0.3, -0.25) is 0 Å². The summed E-state index contributed by atoms with van der Waals surface area (Å²) in [5, 5.41) is 3.84. The van der Waals surface area contributed by atoms with Crippen LogP contribution in [0.5, 0.6) is 0 Å². The van der Waals surface area contributed by atoms with Gasteiger partial charge in [-0.2, -0.15) is 5.10 Å². The summed E-state index contributed by atoms with van der Waals surface area (Å²) in [6, 6.07) is 1.90. The average Bonchev–Trinajstić information content (AvgIpc) is 2.95. The van der Waals surface area contributed by atoms with Crippen LogP contribution in [0.1, 0.15) is 20.8 Å². The van der Waals surface area contributed by atoms with E-state index in [4.69, 9.17) is 5.73 Å². The van der Waals surface area contributed by atoms with Crippen LogP contribution in [0.2, 0.25) is 0 Å². The van der Waals surface area contributed by atoms with Crippen molar-refractivity contribution in [2.24, 2.45) is 11.1 Å². The molecule has 28 heavy (non-hydrogen) atoms. The fraction of sp³-hybridized carbons (Fsp3) is 0.353. The molecule has 1 heterocycles. The van der Waals surface area contributed by atoms with Crippen LogP contribution in [0.4, 0.5) is 18.0 Å². The standard InChI is InChI=1S/C17H18BrF3N4O3/c1-17(2,3)14(21)9(7-28-15(22)26)6-25-16(27)24(8-23-25)10-4-11(19)13(18)12(20)5-10/h4-5,8H,6-7H2,1-3H3,(H2,22,26)/b14-9-. The van der Waals surface area contributed by atoms with Crippen LogP contribution in [-0.4, -0.2) is 27.0 Å². The van der Waals surface area contributed by atoms with Gasteiger partial charge < -0.3 is 10.5 Å². The van der Waals surface area contributed by atoms with Crippen LogP contribution < -0.4 is 11.4 Å². The smallest absolute Gasteiger partial charge is 0.404 e. The molecule has 2 N–H and O–H groups in total. The fourth-order valence-corrected chi connectivity index (χ4v) is 2.58. The fourth-order valence-electron chi connectivity index (χ4n) is 2.35. The molecule has 7 nitrogen and oxygen atoms in total. The molecule has 1 aromatic heterocycles. The SMILES string of the molecule is CC(C)(C)/C(F)=C(/COC(N)=O)Cn1ncn(-c2cc(F)c(Br)c(F)c2)c1=O. The van der Waals surface area contributed by atoms with E-state index in [1.807, 2.05) is 0 Å². The van der Waals surface area contributed by atoms with E-state index in [2.05, 4.69) is 25.8 Å². The number of amides is 1. The summed E-state index contributed by atoms with van der Waals surface area (Å²) >= 11 is 2.75. The van der Waals surface area contributed by atoms with Gasteiger partial charge >= 0.3 is 11.8 Å². The van der Waals surface area contributed by atoms with Crippen molar-refractivity contribution in [3.05, 3.63) is 56.5 Å². The van der Waals surface area contributed by atoms with Gasteiger partial charge in [0.2, 0.25) is 0 Å². The summed E-state index contributed by atoms with van der Waals surface area (Å²) in [7, 11) is 0. The zero-order valence-electron chi connectivity index (χ0n) is 15.3. The van der Waals surface area contributed by atoms with E-state index in [1.165, 1.54) is 0 Å². The summed E-state index contributed by atoms with van der Waals surface area (Å²) in [4.78, 5) is 23.4. The minimum atomic E-state index is -1.10. The van der Waals surface area contributed by atoms with E-state index in [9.17, 15) is 22.8 Å². The van der Waals surface area contributed by atoms with Crippen molar-refractivity contribution in [2.45, 2.75) is 27.3 Å². The first kappa shape index (κ1) is 21.7. The molecule has 0 fully saturated rings. The van der Waals surface area contributed by atoms with Crippen molar-refractivity contribution >= 4 is 22.0 Å². The van der Waals surface area contributed by atoms with E-state index in [-0.39, 0.29) is 22.3 Å². The largest absolute Gasteiger partial charge is 0.445 e. The normalized spacial score (nSPS) is 12.7. The van der Waals surface area contributed by atoms with Gasteiger partial charge in [-0.25, -0.2) is 32.0 Å². The Morgan fingerprint density at radius 2 is 1.86 bits per heavy atom. The molecular formula is C17H18BrF3N4O3. The van der Waals surface area contributed by atoms with Gasteiger partial charge in [0, 0.05) is 11.0 Å². The Bertz CT molecular complexity index is 969. The number of aromatic nitrogens is 3. The molecule has 1 amide bonds. The van der Waals surface area contributed by atoms with Crippen molar-refractivity contribution in [2.75, 3.05) is 6.61 Å². The van der Waals surface area contributed by atoms with Crippen LogP contribution in [0.3, 0.4) is 0 Å². The number of halogens is 4. The van der Waals surface area contributed by atoms with Crippen LogP contribution in [-0.2, 0) is 11.3 Å². The van der Waals surface area contributed by atoms with Gasteiger partial charge in [-0.1, -0.05) is 20.8 Å². The summed E-state index contributed by atoms with van der Waals surface area (Å²) in [6.07, 6.45) is -0.0515. The van der Waals surface area contributed by atoms with Gasteiger partial charge in [-0.15, -0.1) is 0 Å². The topological polar surface area (TPSA) is 92.1 Å². The zero-order valence-corrected chi connectivity index (χ0v) is 16.9. The van der Waals surface area contributed by atoms with E-state index in [0.29, 0.717) is 0 Å². The number of benzene rings is 1.